The molecule has 18 heavy (non-hydrogen) atoms. The molecule has 1 nitrogen and oxygen atoms in total. The molecular weight excluding hydrogens is 249 g/mol. The molecule has 0 saturated carbocycles. The second-order valence-corrected chi connectivity index (χ2v) is 5.05. The number of rotatable bonds is 7. The van der Waals surface area contributed by atoms with Crippen LogP contribution in [0.25, 0.3) is 0 Å². The van der Waals surface area contributed by atoms with Crippen LogP contribution in [0.15, 0.2) is 18.2 Å². The number of hydrogen-bond donors (Lipinski definition) is 1. The number of benzene rings is 1. The van der Waals surface area contributed by atoms with E-state index in [1.165, 1.54) is 6.07 Å². The van der Waals surface area contributed by atoms with Crippen LogP contribution in [0.5, 0.6) is 0 Å². The fraction of sp³-hybridized carbons (Fsp3) is 0.600. The SMILES string of the molecule is CCNC(CC(CC)CC)c1cccc(F)c1Cl. The van der Waals surface area contributed by atoms with Crippen LogP contribution in [0.1, 0.15) is 51.6 Å². The highest BCUT2D eigenvalue weighted by Gasteiger charge is 2.19. The summed E-state index contributed by atoms with van der Waals surface area (Å²) < 4.78 is 13.5. The van der Waals surface area contributed by atoms with Crippen molar-refractivity contribution in [1.29, 1.82) is 0 Å². The highest BCUT2D eigenvalue weighted by molar-refractivity contribution is 6.31. The fourth-order valence-electron chi connectivity index (χ4n) is 2.31. The van der Waals surface area contributed by atoms with E-state index in [9.17, 15) is 4.39 Å². The minimum atomic E-state index is -0.332. The van der Waals surface area contributed by atoms with Gasteiger partial charge < -0.3 is 5.32 Å². The third-order valence-electron chi connectivity index (χ3n) is 3.53. The molecule has 0 heterocycles. The lowest BCUT2D eigenvalue weighted by molar-refractivity contribution is 0.375. The molecule has 0 fully saturated rings. The lowest BCUT2D eigenvalue weighted by Gasteiger charge is -2.24. The van der Waals surface area contributed by atoms with E-state index in [1.807, 2.05) is 6.07 Å². The molecule has 1 N–H and O–H groups in total. The van der Waals surface area contributed by atoms with E-state index in [0.717, 1.165) is 31.4 Å². The van der Waals surface area contributed by atoms with E-state index in [1.54, 1.807) is 6.07 Å². The minimum Gasteiger partial charge on any atom is -0.310 e. The first-order valence-corrected chi connectivity index (χ1v) is 7.19. The Bertz CT molecular complexity index is 364. The lowest BCUT2D eigenvalue weighted by Crippen LogP contribution is -2.24. The summed E-state index contributed by atoms with van der Waals surface area (Å²) in [5, 5.41) is 3.67. The normalized spacial score (nSPS) is 13.0. The Morgan fingerprint density at radius 1 is 1.22 bits per heavy atom. The maximum Gasteiger partial charge on any atom is 0.142 e. The summed E-state index contributed by atoms with van der Waals surface area (Å²) in [6, 6.07) is 5.20. The van der Waals surface area contributed by atoms with Crippen molar-refractivity contribution < 1.29 is 4.39 Å². The number of hydrogen-bond acceptors (Lipinski definition) is 1. The van der Waals surface area contributed by atoms with E-state index in [4.69, 9.17) is 11.6 Å². The molecule has 1 atom stereocenters. The van der Waals surface area contributed by atoms with Gasteiger partial charge in [0.1, 0.15) is 5.82 Å². The molecule has 1 aromatic rings. The maximum atomic E-state index is 13.5. The smallest absolute Gasteiger partial charge is 0.142 e. The molecule has 102 valence electrons. The maximum absolute atomic E-state index is 13.5. The third kappa shape index (κ3) is 3.96. The molecule has 0 aliphatic heterocycles. The molecule has 0 amide bonds. The van der Waals surface area contributed by atoms with Gasteiger partial charge in [0.15, 0.2) is 0 Å². The number of nitrogens with one attached hydrogen (secondary N) is 1. The zero-order valence-electron chi connectivity index (χ0n) is 11.5. The van der Waals surface area contributed by atoms with Crippen molar-refractivity contribution in [3.8, 4) is 0 Å². The van der Waals surface area contributed by atoms with Crippen molar-refractivity contribution >= 4 is 11.6 Å². The van der Waals surface area contributed by atoms with E-state index in [2.05, 4.69) is 26.1 Å². The Balaban J connectivity index is 2.93. The van der Waals surface area contributed by atoms with Gasteiger partial charge in [-0.05, 0) is 30.5 Å². The average molecular weight is 272 g/mol. The molecule has 0 aliphatic rings. The van der Waals surface area contributed by atoms with Gasteiger partial charge in [-0.15, -0.1) is 0 Å². The highest BCUT2D eigenvalue weighted by atomic mass is 35.5. The standard InChI is InChI=1S/C15H23ClFN/c1-4-11(5-2)10-14(18-6-3)12-8-7-9-13(17)15(12)16/h7-9,11,14,18H,4-6,10H2,1-3H3. The second-order valence-electron chi connectivity index (χ2n) is 4.67. The summed E-state index contributed by atoms with van der Waals surface area (Å²) in [6.07, 6.45) is 3.29. The molecular formula is C15H23ClFN. The largest absolute Gasteiger partial charge is 0.310 e. The van der Waals surface area contributed by atoms with Crippen molar-refractivity contribution in [3.63, 3.8) is 0 Å². The molecule has 1 unspecified atom stereocenters. The van der Waals surface area contributed by atoms with Crippen molar-refractivity contribution in [2.45, 2.75) is 46.1 Å². The summed E-state index contributed by atoms with van der Waals surface area (Å²) >= 11 is 6.08. The summed E-state index contributed by atoms with van der Waals surface area (Å²) in [5.41, 5.74) is 0.880. The van der Waals surface area contributed by atoms with Gasteiger partial charge in [-0.2, -0.15) is 0 Å². The molecule has 0 radical (unpaired) electrons. The van der Waals surface area contributed by atoms with Gasteiger partial charge in [-0.3, -0.25) is 0 Å². The summed E-state index contributed by atoms with van der Waals surface area (Å²) in [4.78, 5) is 0. The summed E-state index contributed by atoms with van der Waals surface area (Å²) in [5.74, 6) is 0.315. The van der Waals surface area contributed by atoms with Crippen LogP contribution in [-0.4, -0.2) is 6.54 Å². The highest BCUT2D eigenvalue weighted by Crippen LogP contribution is 2.31. The average Bonchev–Trinajstić information content (AvgIpc) is 2.38. The lowest BCUT2D eigenvalue weighted by atomic mass is 9.91. The monoisotopic (exact) mass is 271 g/mol. The molecule has 3 heteroatoms. The van der Waals surface area contributed by atoms with Crippen LogP contribution in [0.3, 0.4) is 0 Å². The van der Waals surface area contributed by atoms with Crippen LogP contribution < -0.4 is 5.32 Å². The molecule has 0 aliphatic carbocycles. The van der Waals surface area contributed by atoms with Crippen LogP contribution in [0, 0.1) is 11.7 Å². The molecule has 1 aromatic carbocycles. The van der Waals surface area contributed by atoms with E-state index in [-0.39, 0.29) is 16.9 Å². The van der Waals surface area contributed by atoms with Crippen LogP contribution in [0.4, 0.5) is 4.39 Å². The minimum absolute atomic E-state index is 0.142. The molecule has 0 bridgehead atoms. The zero-order valence-corrected chi connectivity index (χ0v) is 12.2. The van der Waals surface area contributed by atoms with Crippen LogP contribution in [0.2, 0.25) is 5.02 Å². The second kappa shape index (κ2) is 7.75. The Kier molecular flexibility index (Phi) is 6.66. The van der Waals surface area contributed by atoms with Crippen molar-refractivity contribution in [1.82, 2.24) is 5.32 Å². The fourth-order valence-corrected chi connectivity index (χ4v) is 2.57. The van der Waals surface area contributed by atoms with Gasteiger partial charge in [0.2, 0.25) is 0 Å². The summed E-state index contributed by atoms with van der Waals surface area (Å²) in [7, 11) is 0. The van der Waals surface area contributed by atoms with Gasteiger partial charge in [-0.25, -0.2) is 4.39 Å². The van der Waals surface area contributed by atoms with Crippen LogP contribution >= 0.6 is 11.6 Å². The van der Waals surface area contributed by atoms with Gasteiger partial charge in [0, 0.05) is 6.04 Å². The van der Waals surface area contributed by atoms with Gasteiger partial charge in [0.05, 0.1) is 5.02 Å². The summed E-state index contributed by atoms with van der Waals surface area (Å²) in [6.45, 7) is 7.32. The van der Waals surface area contributed by atoms with Gasteiger partial charge in [0.25, 0.3) is 0 Å². The quantitative estimate of drug-likeness (QED) is 0.739. The Hall–Kier alpha value is -0.600. The molecule has 0 spiro atoms. The predicted molar refractivity (Wildman–Crippen MR) is 76.5 cm³/mol. The molecule has 0 saturated heterocycles. The van der Waals surface area contributed by atoms with Gasteiger partial charge >= 0.3 is 0 Å². The number of halogens is 2. The van der Waals surface area contributed by atoms with Crippen molar-refractivity contribution in [3.05, 3.63) is 34.6 Å². The zero-order chi connectivity index (χ0) is 13.5. The predicted octanol–water partition coefficient (Wildman–Crippen LogP) is 4.96. The first-order valence-electron chi connectivity index (χ1n) is 6.81. The van der Waals surface area contributed by atoms with Crippen molar-refractivity contribution in [2.75, 3.05) is 6.54 Å². The van der Waals surface area contributed by atoms with E-state index in [0.29, 0.717) is 5.92 Å². The van der Waals surface area contributed by atoms with E-state index >= 15 is 0 Å². The van der Waals surface area contributed by atoms with Gasteiger partial charge in [-0.1, -0.05) is 57.3 Å². The van der Waals surface area contributed by atoms with E-state index < -0.39 is 0 Å². The Morgan fingerprint density at radius 3 is 2.44 bits per heavy atom. The van der Waals surface area contributed by atoms with Crippen molar-refractivity contribution in [2.24, 2.45) is 5.92 Å². The molecule has 1 rings (SSSR count). The Labute approximate surface area is 115 Å². The molecule has 0 aromatic heterocycles. The van der Waals surface area contributed by atoms with Crippen LogP contribution in [-0.2, 0) is 0 Å². The topological polar surface area (TPSA) is 12.0 Å². The Morgan fingerprint density at radius 2 is 1.89 bits per heavy atom. The first-order chi connectivity index (χ1) is 8.63. The third-order valence-corrected chi connectivity index (χ3v) is 3.93. The first kappa shape index (κ1) is 15.5.